The number of aromatic amines is 1. The van der Waals surface area contributed by atoms with E-state index in [1.165, 1.54) is 0 Å². The second-order valence-corrected chi connectivity index (χ2v) is 7.12. The Morgan fingerprint density at radius 2 is 1.88 bits per heavy atom. The van der Waals surface area contributed by atoms with Crippen LogP contribution in [0, 0.1) is 0 Å². The van der Waals surface area contributed by atoms with Gasteiger partial charge in [-0.3, -0.25) is 19.1 Å². The van der Waals surface area contributed by atoms with E-state index in [1.54, 1.807) is 10.8 Å². The van der Waals surface area contributed by atoms with Crippen LogP contribution in [-0.4, -0.2) is 20.6 Å². The lowest BCUT2D eigenvalue weighted by Crippen LogP contribution is -2.12. The van der Waals surface area contributed by atoms with Crippen molar-refractivity contribution < 1.29 is 9.90 Å². The summed E-state index contributed by atoms with van der Waals surface area (Å²) in [7, 11) is 0. The molecule has 2 heterocycles. The van der Waals surface area contributed by atoms with Gasteiger partial charge in [0.25, 0.3) is 0 Å². The third-order valence-electron chi connectivity index (χ3n) is 4.34. The molecule has 2 aromatic carbocycles. The average Bonchev–Trinajstić information content (AvgIpc) is 3.19. The van der Waals surface area contributed by atoms with E-state index in [-0.39, 0.29) is 16.7 Å². The van der Waals surface area contributed by atoms with Crippen LogP contribution in [0.2, 0.25) is 0 Å². The van der Waals surface area contributed by atoms with E-state index in [1.807, 2.05) is 54.6 Å². The number of rotatable bonds is 4. The van der Waals surface area contributed by atoms with E-state index in [0.29, 0.717) is 17.7 Å². The van der Waals surface area contributed by atoms with Crippen molar-refractivity contribution in [2.45, 2.75) is 12.8 Å². The quantitative estimate of drug-likeness (QED) is 0.581. The van der Waals surface area contributed by atoms with Crippen molar-refractivity contribution in [1.82, 2.24) is 9.55 Å². The summed E-state index contributed by atoms with van der Waals surface area (Å²) in [6.07, 6.45) is 2.54. The van der Waals surface area contributed by atoms with Crippen LogP contribution in [0.4, 0.5) is 0 Å². The van der Waals surface area contributed by atoms with Gasteiger partial charge in [0, 0.05) is 18.0 Å². The number of hydrogen-bond acceptors (Lipinski definition) is 4. The van der Waals surface area contributed by atoms with Crippen LogP contribution in [-0.2, 0) is 12.8 Å². The summed E-state index contributed by atoms with van der Waals surface area (Å²) in [5.41, 5.74) is 2.75. The molecule has 0 aliphatic heterocycles. The molecule has 2 N–H and O–H groups in total. The summed E-state index contributed by atoms with van der Waals surface area (Å²) in [4.78, 5) is 26.8. The molecule has 26 heavy (non-hydrogen) atoms. The van der Waals surface area contributed by atoms with Crippen LogP contribution in [0.25, 0.3) is 10.9 Å². The molecule has 0 atom stereocenters. The van der Waals surface area contributed by atoms with Gasteiger partial charge in [-0.25, -0.2) is 0 Å². The van der Waals surface area contributed by atoms with Gasteiger partial charge in [-0.15, -0.1) is 0 Å². The predicted octanol–water partition coefficient (Wildman–Crippen LogP) is 3.57. The summed E-state index contributed by atoms with van der Waals surface area (Å²) in [6.45, 7) is 0. The Kier molecular flexibility index (Phi) is 4.18. The minimum Gasteiger partial charge on any atom is -0.494 e. The van der Waals surface area contributed by atoms with Gasteiger partial charge >= 0.3 is 4.87 Å². The number of carbonyl (C=O) groups is 1. The molecule has 0 radical (unpaired) electrons. The zero-order valence-electron chi connectivity index (χ0n) is 13.8. The normalized spacial score (nSPS) is 11.1. The number of fused-ring (bicyclic) bond motifs is 1. The molecule has 4 rings (SSSR count). The van der Waals surface area contributed by atoms with Crippen molar-refractivity contribution in [3.05, 3.63) is 86.5 Å². The largest absolute Gasteiger partial charge is 0.494 e. The lowest BCUT2D eigenvalue weighted by molar-refractivity contribution is 0.0919. The highest BCUT2D eigenvalue weighted by molar-refractivity contribution is 7.09. The van der Waals surface area contributed by atoms with Gasteiger partial charge in [-0.05, 0) is 23.3 Å². The summed E-state index contributed by atoms with van der Waals surface area (Å²) in [5.74, 6) is -0.0888. The Morgan fingerprint density at radius 3 is 2.62 bits per heavy atom. The molecule has 4 aromatic rings. The van der Waals surface area contributed by atoms with Gasteiger partial charge in [0.15, 0.2) is 0 Å². The maximum Gasteiger partial charge on any atom is 0.307 e. The summed E-state index contributed by atoms with van der Waals surface area (Å²) in [6, 6.07) is 17.3. The molecular weight excluding hydrogens is 348 g/mol. The molecule has 0 spiro atoms. The summed E-state index contributed by atoms with van der Waals surface area (Å²) < 4.78 is 1.66. The van der Waals surface area contributed by atoms with Crippen molar-refractivity contribution in [2.24, 2.45) is 0 Å². The smallest absolute Gasteiger partial charge is 0.307 e. The second-order valence-electron chi connectivity index (χ2n) is 6.05. The molecule has 0 amide bonds. The number of thiazole rings is 1. The highest BCUT2D eigenvalue weighted by atomic mass is 32.1. The molecule has 0 aliphatic carbocycles. The number of nitrogens with one attached hydrogen (secondary N) is 1. The minimum absolute atomic E-state index is 0.00232. The Balaban J connectivity index is 1.67. The molecule has 0 saturated heterocycles. The predicted molar refractivity (Wildman–Crippen MR) is 102 cm³/mol. The van der Waals surface area contributed by atoms with E-state index in [2.05, 4.69) is 4.98 Å². The molecule has 0 aliphatic rings. The Bertz CT molecular complexity index is 1140. The van der Waals surface area contributed by atoms with Crippen LogP contribution in [0.3, 0.4) is 0 Å². The van der Waals surface area contributed by atoms with Crippen molar-refractivity contribution in [3.8, 4) is 5.88 Å². The lowest BCUT2D eigenvalue weighted by Gasteiger charge is -2.06. The van der Waals surface area contributed by atoms with Crippen molar-refractivity contribution in [2.75, 3.05) is 0 Å². The fourth-order valence-electron chi connectivity index (χ4n) is 3.10. The van der Waals surface area contributed by atoms with Crippen molar-refractivity contribution >= 4 is 28.1 Å². The first-order valence-corrected chi connectivity index (χ1v) is 9.00. The zero-order valence-corrected chi connectivity index (χ0v) is 14.6. The van der Waals surface area contributed by atoms with Crippen molar-refractivity contribution in [3.63, 3.8) is 0 Å². The number of aromatic nitrogens is 2. The SMILES string of the molecule is O=C(Cc1ccccc1)n1ccc2c(Cc3sc(=O)[nH]c3O)cccc21. The Labute approximate surface area is 153 Å². The van der Waals surface area contributed by atoms with Crippen LogP contribution in [0.15, 0.2) is 65.6 Å². The highest BCUT2D eigenvalue weighted by Crippen LogP contribution is 2.26. The Hall–Kier alpha value is -3.12. The number of carbonyl (C=O) groups excluding carboxylic acids is 1. The molecule has 2 aromatic heterocycles. The Morgan fingerprint density at radius 1 is 1.08 bits per heavy atom. The molecule has 0 fully saturated rings. The third-order valence-corrected chi connectivity index (χ3v) is 5.21. The van der Waals surface area contributed by atoms with Gasteiger partial charge in [0.2, 0.25) is 11.8 Å². The maximum absolute atomic E-state index is 12.7. The molecule has 6 heteroatoms. The molecule has 5 nitrogen and oxygen atoms in total. The van der Waals surface area contributed by atoms with E-state index < -0.39 is 0 Å². The summed E-state index contributed by atoms with van der Waals surface area (Å²) >= 11 is 0.998. The van der Waals surface area contributed by atoms with Crippen molar-refractivity contribution in [1.29, 1.82) is 0 Å². The number of nitrogens with zero attached hydrogens (tertiary/aromatic N) is 1. The third kappa shape index (κ3) is 3.07. The van der Waals surface area contributed by atoms with Gasteiger partial charge in [-0.1, -0.05) is 53.8 Å². The summed E-state index contributed by atoms with van der Waals surface area (Å²) in [5, 5.41) is 10.8. The van der Waals surface area contributed by atoms with E-state index in [4.69, 9.17) is 0 Å². The molecule has 0 saturated carbocycles. The van der Waals surface area contributed by atoms with Gasteiger partial charge in [0.1, 0.15) is 0 Å². The fraction of sp³-hybridized carbons (Fsp3) is 0.100. The fourth-order valence-corrected chi connectivity index (χ4v) is 3.85. The average molecular weight is 364 g/mol. The van der Waals surface area contributed by atoms with Gasteiger partial charge < -0.3 is 5.11 Å². The first-order valence-electron chi connectivity index (χ1n) is 8.19. The number of H-pyrrole nitrogens is 1. The highest BCUT2D eigenvalue weighted by Gasteiger charge is 2.14. The number of aromatic hydroxyl groups is 1. The van der Waals surface area contributed by atoms with E-state index >= 15 is 0 Å². The van der Waals surface area contributed by atoms with Gasteiger partial charge in [-0.2, -0.15) is 0 Å². The van der Waals surface area contributed by atoms with Crippen LogP contribution in [0.5, 0.6) is 5.88 Å². The van der Waals surface area contributed by atoms with Crippen LogP contribution >= 0.6 is 11.3 Å². The van der Waals surface area contributed by atoms with E-state index in [9.17, 15) is 14.7 Å². The maximum atomic E-state index is 12.7. The topological polar surface area (TPSA) is 75.1 Å². The second kappa shape index (κ2) is 6.65. The minimum atomic E-state index is -0.278. The standard InChI is InChI=1S/C20H16N2O3S/c23-18(11-13-5-2-1-3-6-13)22-10-9-15-14(7-4-8-16(15)22)12-17-19(24)21-20(25)26-17/h1-10,24H,11-12H2,(H,21,25). The van der Waals surface area contributed by atoms with Crippen LogP contribution < -0.4 is 4.87 Å². The first kappa shape index (κ1) is 16.4. The first-order chi connectivity index (χ1) is 12.6. The van der Waals surface area contributed by atoms with Gasteiger partial charge in [0.05, 0.1) is 16.8 Å². The number of benzene rings is 2. The molecule has 130 valence electrons. The molecular formula is C20H16N2O3S. The van der Waals surface area contributed by atoms with Crippen LogP contribution in [0.1, 0.15) is 20.8 Å². The van der Waals surface area contributed by atoms with E-state index in [0.717, 1.165) is 33.4 Å². The zero-order chi connectivity index (χ0) is 18.1. The molecule has 0 bridgehead atoms. The number of hydrogen-bond donors (Lipinski definition) is 2. The lowest BCUT2D eigenvalue weighted by atomic mass is 10.1. The monoisotopic (exact) mass is 364 g/mol. The molecule has 0 unspecified atom stereocenters.